The van der Waals surface area contributed by atoms with E-state index in [4.69, 9.17) is 0 Å². The van der Waals surface area contributed by atoms with Crippen molar-refractivity contribution in [1.82, 2.24) is 0 Å². The molecule has 1 aliphatic carbocycles. The number of ketones is 1. The van der Waals surface area contributed by atoms with Crippen molar-refractivity contribution >= 4 is 21.5 Å². The summed E-state index contributed by atoms with van der Waals surface area (Å²) in [6.07, 6.45) is 6.66. The molecule has 0 amide bonds. The molecule has 0 aliphatic heterocycles. The minimum Gasteiger partial charge on any atom is -0.294 e. The van der Waals surface area contributed by atoms with E-state index in [0.717, 1.165) is 25.7 Å². The predicted octanol–water partition coefficient (Wildman–Crippen LogP) is 3.60. The molecule has 2 rings (SSSR count). The maximum atomic E-state index is 12.5. The molecular formula is C16H23NO3S. The second-order valence-electron chi connectivity index (χ2n) is 5.64. The molecule has 1 aliphatic rings. The maximum Gasteiger partial charge on any atom is 0.232 e. The Bertz CT molecular complexity index is 570. The number of carbonyl (C=O) groups excluding carboxylic acids is 1. The first-order valence-electron chi connectivity index (χ1n) is 7.66. The average Bonchev–Trinajstić information content (AvgIpc) is 2.76. The number of carbonyl (C=O) groups is 1. The van der Waals surface area contributed by atoms with Crippen LogP contribution in [0, 0.1) is 5.92 Å². The summed E-state index contributed by atoms with van der Waals surface area (Å²) in [5.41, 5.74) is 1.19. The molecule has 0 unspecified atom stereocenters. The van der Waals surface area contributed by atoms with Gasteiger partial charge in [-0.1, -0.05) is 25.7 Å². The van der Waals surface area contributed by atoms with Gasteiger partial charge in [-0.15, -0.1) is 0 Å². The number of nitrogens with one attached hydrogen (secondary N) is 1. The van der Waals surface area contributed by atoms with E-state index in [1.807, 2.05) is 0 Å². The third-order valence-corrected chi connectivity index (χ3v) is 5.36. The fraction of sp³-hybridized carbons (Fsp3) is 0.562. The summed E-state index contributed by atoms with van der Waals surface area (Å²) in [6, 6.07) is 6.77. The fourth-order valence-corrected chi connectivity index (χ4v) is 3.37. The molecule has 0 bridgehead atoms. The SMILES string of the molecule is CCS(=O)(=O)Nc1ccc(C(=O)C2CCCCCC2)cc1. The number of Topliss-reactive ketones (excluding diaryl/α,β-unsaturated/α-hetero) is 1. The second kappa shape index (κ2) is 7.07. The molecule has 116 valence electrons. The van der Waals surface area contributed by atoms with Crippen molar-refractivity contribution in [2.75, 3.05) is 10.5 Å². The summed E-state index contributed by atoms with van der Waals surface area (Å²) in [4.78, 5) is 12.5. The van der Waals surface area contributed by atoms with Crippen LogP contribution in [0.2, 0.25) is 0 Å². The molecule has 0 aromatic heterocycles. The van der Waals surface area contributed by atoms with Crippen molar-refractivity contribution < 1.29 is 13.2 Å². The van der Waals surface area contributed by atoms with Gasteiger partial charge in [0, 0.05) is 17.2 Å². The first kappa shape index (κ1) is 16.0. The number of sulfonamides is 1. The van der Waals surface area contributed by atoms with Crippen LogP contribution < -0.4 is 4.72 Å². The molecule has 0 saturated heterocycles. The average molecular weight is 309 g/mol. The van der Waals surface area contributed by atoms with Gasteiger partial charge < -0.3 is 0 Å². The summed E-state index contributed by atoms with van der Waals surface area (Å²) < 4.78 is 25.5. The molecule has 1 N–H and O–H groups in total. The molecule has 21 heavy (non-hydrogen) atoms. The van der Waals surface area contributed by atoms with Gasteiger partial charge in [-0.2, -0.15) is 0 Å². The van der Waals surface area contributed by atoms with E-state index in [2.05, 4.69) is 4.72 Å². The normalized spacial score (nSPS) is 17.2. The van der Waals surface area contributed by atoms with Crippen LogP contribution in [0.4, 0.5) is 5.69 Å². The molecule has 5 heteroatoms. The van der Waals surface area contributed by atoms with Crippen molar-refractivity contribution in [3.8, 4) is 0 Å². The van der Waals surface area contributed by atoms with Crippen LogP contribution in [0.1, 0.15) is 55.8 Å². The summed E-state index contributed by atoms with van der Waals surface area (Å²) in [5.74, 6) is 0.364. The second-order valence-corrected chi connectivity index (χ2v) is 7.65. The zero-order chi connectivity index (χ0) is 15.3. The van der Waals surface area contributed by atoms with Crippen LogP contribution >= 0.6 is 0 Å². The Balaban J connectivity index is 2.05. The minimum atomic E-state index is -3.27. The third-order valence-electron chi connectivity index (χ3n) is 4.05. The first-order chi connectivity index (χ1) is 10.0. The van der Waals surface area contributed by atoms with E-state index in [1.165, 1.54) is 12.8 Å². The molecule has 1 saturated carbocycles. The van der Waals surface area contributed by atoms with Crippen molar-refractivity contribution in [3.05, 3.63) is 29.8 Å². The van der Waals surface area contributed by atoms with Crippen molar-refractivity contribution in [1.29, 1.82) is 0 Å². The van der Waals surface area contributed by atoms with Crippen LogP contribution in [0.3, 0.4) is 0 Å². The van der Waals surface area contributed by atoms with Crippen LogP contribution in [-0.4, -0.2) is 20.0 Å². The minimum absolute atomic E-state index is 0.0375. The molecule has 1 aromatic rings. The van der Waals surface area contributed by atoms with Crippen molar-refractivity contribution in [2.45, 2.75) is 45.4 Å². The van der Waals surface area contributed by atoms with Crippen molar-refractivity contribution in [2.24, 2.45) is 5.92 Å². The number of anilines is 1. The van der Waals surface area contributed by atoms with E-state index in [-0.39, 0.29) is 17.5 Å². The molecule has 0 radical (unpaired) electrons. The Kier molecular flexibility index (Phi) is 5.39. The number of rotatable bonds is 5. The Hall–Kier alpha value is -1.36. The van der Waals surface area contributed by atoms with Crippen LogP contribution in [0.25, 0.3) is 0 Å². The first-order valence-corrected chi connectivity index (χ1v) is 9.32. The van der Waals surface area contributed by atoms with E-state index < -0.39 is 10.0 Å². The van der Waals surface area contributed by atoms with E-state index in [0.29, 0.717) is 11.3 Å². The lowest BCUT2D eigenvalue weighted by molar-refractivity contribution is 0.0908. The summed E-state index contributed by atoms with van der Waals surface area (Å²) >= 11 is 0. The highest BCUT2D eigenvalue weighted by Crippen LogP contribution is 2.26. The lowest BCUT2D eigenvalue weighted by Gasteiger charge is -2.13. The predicted molar refractivity (Wildman–Crippen MR) is 85.0 cm³/mol. The third kappa shape index (κ3) is 4.56. The highest BCUT2D eigenvalue weighted by Gasteiger charge is 2.21. The monoisotopic (exact) mass is 309 g/mol. The smallest absolute Gasteiger partial charge is 0.232 e. The molecule has 0 atom stereocenters. The van der Waals surface area contributed by atoms with E-state index >= 15 is 0 Å². The van der Waals surface area contributed by atoms with Gasteiger partial charge >= 0.3 is 0 Å². The molecule has 0 spiro atoms. The lowest BCUT2D eigenvalue weighted by Crippen LogP contribution is -2.16. The molecular weight excluding hydrogens is 286 g/mol. The Labute approximate surface area is 127 Å². The Morgan fingerprint density at radius 3 is 2.19 bits per heavy atom. The van der Waals surface area contributed by atoms with Gasteiger partial charge in [0.15, 0.2) is 5.78 Å². The van der Waals surface area contributed by atoms with Gasteiger partial charge in [0.05, 0.1) is 5.75 Å². The zero-order valence-corrected chi connectivity index (χ0v) is 13.3. The summed E-state index contributed by atoms with van der Waals surface area (Å²) in [5, 5.41) is 0. The Morgan fingerprint density at radius 1 is 1.10 bits per heavy atom. The quantitative estimate of drug-likeness (QED) is 0.667. The van der Waals surface area contributed by atoms with Gasteiger partial charge in [0.1, 0.15) is 0 Å². The number of benzene rings is 1. The lowest BCUT2D eigenvalue weighted by atomic mass is 9.91. The highest BCUT2D eigenvalue weighted by molar-refractivity contribution is 7.92. The maximum absolute atomic E-state index is 12.5. The summed E-state index contributed by atoms with van der Waals surface area (Å²) in [6.45, 7) is 1.59. The zero-order valence-electron chi connectivity index (χ0n) is 12.5. The Morgan fingerprint density at radius 2 is 1.67 bits per heavy atom. The summed E-state index contributed by atoms with van der Waals surface area (Å²) in [7, 11) is -3.27. The van der Waals surface area contributed by atoms with E-state index in [9.17, 15) is 13.2 Å². The van der Waals surface area contributed by atoms with Gasteiger partial charge in [-0.05, 0) is 44.0 Å². The largest absolute Gasteiger partial charge is 0.294 e. The molecule has 1 aromatic carbocycles. The fourth-order valence-electron chi connectivity index (χ4n) is 2.73. The standard InChI is InChI=1S/C16H23NO3S/c1-2-21(19,20)17-15-11-9-14(10-12-15)16(18)13-7-5-3-4-6-8-13/h9-13,17H,2-8H2,1H3. The van der Waals surface area contributed by atoms with Gasteiger partial charge in [0.25, 0.3) is 0 Å². The van der Waals surface area contributed by atoms with Crippen LogP contribution in [-0.2, 0) is 10.0 Å². The number of hydrogen-bond donors (Lipinski definition) is 1. The van der Waals surface area contributed by atoms with E-state index in [1.54, 1.807) is 31.2 Å². The van der Waals surface area contributed by atoms with Gasteiger partial charge in [-0.3, -0.25) is 9.52 Å². The molecule has 4 nitrogen and oxygen atoms in total. The highest BCUT2D eigenvalue weighted by atomic mass is 32.2. The topological polar surface area (TPSA) is 63.2 Å². The van der Waals surface area contributed by atoms with Crippen LogP contribution in [0.5, 0.6) is 0 Å². The molecule has 0 heterocycles. The number of hydrogen-bond acceptors (Lipinski definition) is 3. The van der Waals surface area contributed by atoms with Crippen molar-refractivity contribution in [3.63, 3.8) is 0 Å². The van der Waals surface area contributed by atoms with Gasteiger partial charge in [0.2, 0.25) is 10.0 Å². The van der Waals surface area contributed by atoms with Crippen LogP contribution in [0.15, 0.2) is 24.3 Å². The van der Waals surface area contributed by atoms with Gasteiger partial charge in [-0.25, -0.2) is 8.42 Å². The molecule has 1 fully saturated rings.